The summed E-state index contributed by atoms with van der Waals surface area (Å²) >= 11 is 1.38. The number of nitrogens with one attached hydrogen (secondary N) is 1. The van der Waals surface area contributed by atoms with E-state index < -0.39 is 0 Å². The molecule has 0 aromatic carbocycles. The van der Waals surface area contributed by atoms with Gasteiger partial charge >= 0.3 is 0 Å². The van der Waals surface area contributed by atoms with Crippen molar-refractivity contribution in [2.75, 3.05) is 16.8 Å². The topological polar surface area (TPSA) is 83.9 Å². The third-order valence-electron chi connectivity index (χ3n) is 4.31. The molecule has 3 aromatic rings. The highest BCUT2D eigenvalue weighted by molar-refractivity contribution is 7.13. The number of amides is 1. The van der Waals surface area contributed by atoms with Crippen LogP contribution < -0.4 is 10.2 Å². The molecule has 0 saturated carbocycles. The minimum absolute atomic E-state index is 0.108. The van der Waals surface area contributed by atoms with Gasteiger partial charge in [-0.1, -0.05) is 6.07 Å². The van der Waals surface area contributed by atoms with Gasteiger partial charge in [0.25, 0.3) is 5.91 Å². The number of thiazole rings is 1. The Hall–Kier alpha value is -2.87. The van der Waals surface area contributed by atoms with Gasteiger partial charge in [-0.25, -0.2) is 19.9 Å². The van der Waals surface area contributed by atoms with Crippen LogP contribution in [0.4, 0.5) is 10.9 Å². The number of pyridine rings is 1. The molecule has 4 rings (SSSR count). The minimum Gasteiger partial charge on any atom is -0.348 e. The van der Waals surface area contributed by atoms with Crippen LogP contribution in [0.25, 0.3) is 0 Å². The predicted molar refractivity (Wildman–Crippen MR) is 100 cm³/mol. The van der Waals surface area contributed by atoms with Crippen molar-refractivity contribution in [3.8, 4) is 0 Å². The molecule has 1 saturated heterocycles. The first-order chi connectivity index (χ1) is 12.7. The zero-order valence-corrected chi connectivity index (χ0v) is 15.1. The lowest BCUT2D eigenvalue weighted by atomic mass is 10.1. The van der Waals surface area contributed by atoms with E-state index in [0.29, 0.717) is 10.8 Å². The number of carbonyl (C=O) groups excluding carboxylic acids is 1. The largest absolute Gasteiger partial charge is 0.348 e. The van der Waals surface area contributed by atoms with Gasteiger partial charge in [-0.3, -0.25) is 10.1 Å². The van der Waals surface area contributed by atoms with Crippen molar-refractivity contribution in [3.05, 3.63) is 59.3 Å². The summed E-state index contributed by atoms with van der Waals surface area (Å²) in [5, 5.41) is 5.17. The van der Waals surface area contributed by atoms with Crippen molar-refractivity contribution in [1.29, 1.82) is 0 Å². The first-order valence-corrected chi connectivity index (χ1v) is 9.33. The van der Waals surface area contributed by atoms with E-state index in [2.05, 4.69) is 30.2 Å². The average molecular weight is 366 g/mol. The van der Waals surface area contributed by atoms with E-state index in [1.54, 1.807) is 18.5 Å². The molecule has 132 valence electrons. The molecule has 0 radical (unpaired) electrons. The van der Waals surface area contributed by atoms with Crippen LogP contribution >= 0.6 is 11.3 Å². The van der Waals surface area contributed by atoms with Gasteiger partial charge in [0, 0.05) is 24.3 Å². The van der Waals surface area contributed by atoms with Crippen LogP contribution in [0.5, 0.6) is 0 Å². The molecule has 0 bridgehead atoms. The second-order valence-electron chi connectivity index (χ2n) is 6.05. The predicted octanol–water partition coefficient (Wildman–Crippen LogP) is 3.23. The van der Waals surface area contributed by atoms with Crippen LogP contribution in [-0.4, -0.2) is 32.4 Å². The first-order valence-electron chi connectivity index (χ1n) is 8.45. The van der Waals surface area contributed by atoms with E-state index in [-0.39, 0.29) is 11.9 Å². The van der Waals surface area contributed by atoms with Crippen molar-refractivity contribution < 1.29 is 4.79 Å². The molecule has 0 spiro atoms. The van der Waals surface area contributed by atoms with Crippen molar-refractivity contribution in [2.45, 2.75) is 25.8 Å². The van der Waals surface area contributed by atoms with Crippen LogP contribution in [0, 0.1) is 6.92 Å². The molecule has 4 heterocycles. The summed E-state index contributed by atoms with van der Waals surface area (Å²) in [5.41, 5.74) is 1.27. The van der Waals surface area contributed by atoms with Crippen molar-refractivity contribution in [2.24, 2.45) is 0 Å². The fourth-order valence-corrected chi connectivity index (χ4v) is 3.69. The minimum atomic E-state index is -0.246. The number of aromatic nitrogens is 4. The number of anilines is 2. The molecule has 1 aliphatic rings. The van der Waals surface area contributed by atoms with Crippen LogP contribution in [0.2, 0.25) is 0 Å². The van der Waals surface area contributed by atoms with Gasteiger partial charge < -0.3 is 4.90 Å². The number of nitrogens with zero attached hydrogens (tertiary/aromatic N) is 5. The molecule has 26 heavy (non-hydrogen) atoms. The highest BCUT2D eigenvalue weighted by Crippen LogP contribution is 2.34. The number of rotatable bonds is 4. The third-order valence-corrected chi connectivity index (χ3v) is 4.99. The van der Waals surface area contributed by atoms with E-state index in [1.807, 2.05) is 30.5 Å². The molecule has 0 unspecified atom stereocenters. The lowest BCUT2D eigenvalue weighted by Crippen LogP contribution is -2.25. The summed E-state index contributed by atoms with van der Waals surface area (Å²) in [7, 11) is 0. The molecule has 1 N–H and O–H groups in total. The van der Waals surface area contributed by atoms with Gasteiger partial charge in [-0.2, -0.15) is 0 Å². The summed E-state index contributed by atoms with van der Waals surface area (Å²) in [5.74, 6) is 1.40. The van der Waals surface area contributed by atoms with Crippen LogP contribution in [-0.2, 0) is 0 Å². The SMILES string of the molecule is Cc1nccc(N2CCC[C@@H]2c2cccc(C(=O)Nc3nccs3)n2)n1. The number of carbonyl (C=O) groups is 1. The van der Waals surface area contributed by atoms with Gasteiger partial charge in [0.1, 0.15) is 17.3 Å². The zero-order chi connectivity index (χ0) is 17.9. The second kappa shape index (κ2) is 7.17. The van der Waals surface area contributed by atoms with Crippen molar-refractivity contribution in [1.82, 2.24) is 19.9 Å². The molecule has 1 amide bonds. The first kappa shape index (κ1) is 16.6. The highest BCUT2D eigenvalue weighted by Gasteiger charge is 2.28. The summed E-state index contributed by atoms with van der Waals surface area (Å²) < 4.78 is 0. The van der Waals surface area contributed by atoms with Gasteiger partial charge in [0.05, 0.1) is 11.7 Å². The number of hydrogen-bond acceptors (Lipinski definition) is 7. The molecule has 1 fully saturated rings. The van der Waals surface area contributed by atoms with E-state index >= 15 is 0 Å². The van der Waals surface area contributed by atoms with Gasteiger partial charge in [-0.05, 0) is 38.0 Å². The third kappa shape index (κ3) is 3.41. The van der Waals surface area contributed by atoms with Gasteiger partial charge in [-0.15, -0.1) is 11.3 Å². The molecular weight excluding hydrogens is 348 g/mol. The Kier molecular flexibility index (Phi) is 4.57. The van der Waals surface area contributed by atoms with E-state index in [1.165, 1.54) is 11.3 Å². The quantitative estimate of drug-likeness (QED) is 0.763. The van der Waals surface area contributed by atoms with Crippen LogP contribution in [0.3, 0.4) is 0 Å². The maximum atomic E-state index is 12.4. The van der Waals surface area contributed by atoms with Crippen LogP contribution in [0.1, 0.15) is 40.9 Å². The lowest BCUT2D eigenvalue weighted by molar-refractivity contribution is 0.102. The molecule has 7 nitrogen and oxygen atoms in total. The smallest absolute Gasteiger partial charge is 0.276 e. The van der Waals surface area contributed by atoms with Crippen molar-refractivity contribution >= 4 is 28.2 Å². The Morgan fingerprint density at radius 1 is 1.23 bits per heavy atom. The van der Waals surface area contributed by atoms with Gasteiger partial charge in [0.15, 0.2) is 5.13 Å². The molecule has 1 aliphatic heterocycles. The summed E-state index contributed by atoms with van der Waals surface area (Å²) in [6.07, 6.45) is 5.47. The van der Waals surface area contributed by atoms with E-state index in [4.69, 9.17) is 0 Å². The summed E-state index contributed by atoms with van der Waals surface area (Å²) in [6, 6.07) is 7.60. The second-order valence-corrected chi connectivity index (χ2v) is 6.95. The molecule has 3 aromatic heterocycles. The lowest BCUT2D eigenvalue weighted by Gasteiger charge is -2.25. The summed E-state index contributed by atoms with van der Waals surface area (Å²) in [4.78, 5) is 32.1. The molecular formula is C18H18N6OS. The maximum Gasteiger partial charge on any atom is 0.276 e. The van der Waals surface area contributed by atoms with Gasteiger partial charge in [0.2, 0.25) is 0 Å². The Morgan fingerprint density at radius 2 is 2.15 bits per heavy atom. The fraction of sp³-hybridized carbons (Fsp3) is 0.278. The van der Waals surface area contributed by atoms with Crippen molar-refractivity contribution in [3.63, 3.8) is 0 Å². The Bertz CT molecular complexity index is 914. The number of aryl methyl sites for hydroxylation is 1. The van der Waals surface area contributed by atoms with Crippen LogP contribution in [0.15, 0.2) is 42.0 Å². The Balaban J connectivity index is 1.58. The Labute approximate surface area is 155 Å². The molecule has 0 aliphatic carbocycles. The molecule has 8 heteroatoms. The fourth-order valence-electron chi connectivity index (χ4n) is 3.16. The highest BCUT2D eigenvalue weighted by atomic mass is 32.1. The number of hydrogen-bond donors (Lipinski definition) is 1. The maximum absolute atomic E-state index is 12.4. The van der Waals surface area contributed by atoms with E-state index in [0.717, 1.165) is 36.7 Å². The molecule has 1 atom stereocenters. The zero-order valence-electron chi connectivity index (χ0n) is 14.3. The normalized spacial score (nSPS) is 16.7. The standard InChI is InChI=1S/C18H18N6OS/c1-12-19-8-7-16(21-12)24-10-3-6-15(24)13-4-2-5-14(22-13)17(25)23-18-20-9-11-26-18/h2,4-5,7-9,11,15H,3,6,10H2,1H3,(H,20,23,25)/t15-/m1/s1. The average Bonchev–Trinajstić information content (AvgIpc) is 3.33. The monoisotopic (exact) mass is 366 g/mol. The Morgan fingerprint density at radius 3 is 2.96 bits per heavy atom. The summed E-state index contributed by atoms with van der Waals surface area (Å²) in [6.45, 7) is 2.80. The van der Waals surface area contributed by atoms with E-state index in [9.17, 15) is 4.79 Å².